The van der Waals surface area contributed by atoms with E-state index >= 15 is 0 Å². The van der Waals surface area contributed by atoms with Gasteiger partial charge in [0, 0.05) is 23.7 Å². The van der Waals surface area contributed by atoms with Gasteiger partial charge in [-0.3, -0.25) is 4.79 Å². The highest BCUT2D eigenvalue weighted by atomic mass is 16.5. The predicted octanol–water partition coefficient (Wildman–Crippen LogP) is 2.97. The van der Waals surface area contributed by atoms with Crippen LogP contribution in [0.5, 0.6) is 11.5 Å². The van der Waals surface area contributed by atoms with Gasteiger partial charge in [0.2, 0.25) is 0 Å². The molecule has 1 aliphatic rings. The van der Waals surface area contributed by atoms with Gasteiger partial charge in [-0.1, -0.05) is 6.07 Å². The Morgan fingerprint density at radius 2 is 2.27 bits per heavy atom. The van der Waals surface area contributed by atoms with Crippen molar-refractivity contribution in [2.45, 2.75) is 26.4 Å². The highest BCUT2D eigenvalue weighted by Gasteiger charge is 2.25. The number of hydrogen-bond acceptors (Lipinski definition) is 4. The summed E-state index contributed by atoms with van der Waals surface area (Å²) in [5, 5.41) is 2.83. The fourth-order valence-electron chi connectivity index (χ4n) is 2.58. The first-order chi connectivity index (χ1) is 10.6. The molecular formula is C17H18N2O3. The van der Waals surface area contributed by atoms with Crippen LogP contribution in [-0.2, 0) is 6.42 Å². The summed E-state index contributed by atoms with van der Waals surface area (Å²) in [6.45, 7) is 3.90. The van der Waals surface area contributed by atoms with Gasteiger partial charge in [-0.15, -0.1) is 0 Å². The fraction of sp³-hybridized carbons (Fsp3) is 0.294. The molecule has 114 valence electrons. The molecule has 0 fully saturated rings. The predicted molar refractivity (Wildman–Crippen MR) is 83.7 cm³/mol. The quantitative estimate of drug-likeness (QED) is 0.946. The number of nitrogens with zero attached hydrogens (tertiary/aromatic N) is 1. The van der Waals surface area contributed by atoms with Gasteiger partial charge in [0.25, 0.3) is 5.91 Å². The third-order valence-corrected chi connectivity index (χ3v) is 3.68. The molecule has 2 heterocycles. The minimum atomic E-state index is -0.206. The topological polar surface area (TPSA) is 60.5 Å². The third kappa shape index (κ3) is 2.62. The largest absolute Gasteiger partial charge is 0.493 e. The highest BCUT2D eigenvalue weighted by Crippen LogP contribution is 2.39. The molecule has 22 heavy (non-hydrogen) atoms. The number of carbonyl (C=O) groups is 1. The van der Waals surface area contributed by atoms with E-state index in [-0.39, 0.29) is 12.0 Å². The molecule has 1 aliphatic heterocycles. The number of aryl methyl sites for hydroxylation is 1. The number of nitrogens with one attached hydrogen (secondary N) is 1. The Morgan fingerprint density at radius 3 is 3.00 bits per heavy atom. The summed E-state index contributed by atoms with van der Waals surface area (Å²) in [6, 6.07) is 7.29. The molecule has 5 nitrogen and oxygen atoms in total. The van der Waals surface area contributed by atoms with E-state index in [2.05, 4.69) is 10.3 Å². The molecule has 1 N–H and O–H groups in total. The van der Waals surface area contributed by atoms with Crippen LogP contribution in [0.2, 0.25) is 0 Å². The lowest BCUT2D eigenvalue weighted by molar-refractivity contribution is 0.102. The molecule has 0 saturated heterocycles. The standard InChI is InChI=1S/C17H18N2O3/c1-10-5-4-6-18-16(10)19-17(20)13-8-12-7-11(2)22-15(12)14(9-13)21-3/h4-6,8-9,11H,7H2,1-3H3,(H,18,19,20). The monoisotopic (exact) mass is 298 g/mol. The van der Waals surface area contributed by atoms with Crippen LogP contribution < -0.4 is 14.8 Å². The van der Waals surface area contributed by atoms with Crippen molar-refractivity contribution in [3.63, 3.8) is 0 Å². The van der Waals surface area contributed by atoms with E-state index in [9.17, 15) is 4.79 Å². The van der Waals surface area contributed by atoms with Crippen LogP contribution >= 0.6 is 0 Å². The zero-order valence-electron chi connectivity index (χ0n) is 12.8. The number of methoxy groups -OCH3 is 1. The molecule has 1 unspecified atom stereocenters. The molecule has 3 rings (SSSR count). The number of benzene rings is 1. The van der Waals surface area contributed by atoms with Crippen molar-refractivity contribution >= 4 is 11.7 Å². The summed E-state index contributed by atoms with van der Waals surface area (Å²) in [6.07, 6.45) is 2.52. The van der Waals surface area contributed by atoms with E-state index in [1.54, 1.807) is 19.4 Å². The van der Waals surface area contributed by atoms with Crippen molar-refractivity contribution in [1.82, 2.24) is 4.98 Å². The van der Waals surface area contributed by atoms with Gasteiger partial charge in [-0.05, 0) is 37.6 Å². The lowest BCUT2D eigenvalue weighted by Crippen LogP contribution is -2.14. The summed E-state index contributed by atoms with van der Waals surface area (Å²) >= 11 is 0. The first kappa shape index (κ1) is 14.4. The summed E-state index contributed by atoms with van der Waals surface area (Å²) in [4.78, 5) is 16.7. The molecule has 1 amide bonds. The summed E-state index contributed by atoms with van der Waals surface area (Å²) in [7, 11) is 1.58. The second kappa shape index (κ2) is 5.67. The molecule has 0 saturated carbocycles. The molecule has 0 spiro atoms. The van der Waals surface area contributed by atoms with Crippen LogP contribution in [0, 0.1) is 6.92 Å². The van der Waals surface area contributed by atoms with Gasteiger partial charge < -0.3 is 14.8 Å². The van der Waals surface area contributed by atoms with E-state index in [0.717, 1.165) is 23.3 Å². The Morgan fingerprint density at radius 1 is 1.45 bits per heavy atom. The van der Waals surface area contributed by atoms with Crippen molar-refractivity contribution in [2.75, 3.05) is 12.4 Å². The Hall–Kier alpha value is -2.56. The van der Waals surface area contributed by atoms with E-state index in [4.69, 9.17) is 9.47 Å². The lowest BCUT2D eigenvalue weighted by Gasteiger charge is -2.11. The van der Waals surface area contributed by atoms with Crippen molar-refractivity contribution in [1.29, 1.82) is 0 Å². The Bertz CT molecular complexity index is 728. The lowest BCUT2D eigenvalue weighted by atomic mass is 10.1. The fourth-order valence-corrected chi connectivity index (χ4v) is 2.58. The number of hydrogen-bond donors (Lipinski definition) is 1. The van der Waals surface area contributed by atoms with Gasteiger partial charge in [-0.2, -0.15) is 0 Å². The summed E-state index contributed by atoms with van der Waals surface area (Å²) < 4.78 is 11.1. The average Bonchev–Trinajstić information content (AvgIpc) is 2.88. The normalized spacial score (nSPS) is 15.9. The molecule has 1 aromatic heterocycles. The molecule has 0 aliphatic carbocycles. The minimum Gasteiger partial charge on any atom is -0.493 e. The number of ether oxygens (including phenoxy) is 2. The summed E-state index contributed by atoms with van der Waals surface area (Å²) in [5.41, 5.74) is 2.45. The number of anilines is 1. The highest BCUT2D eigenvalue weighted by molar-refractivity contribution is 6.04. The SMILES string of the molecule is COc1cc(C(=O)Nc2ncccc2C)cc2c1OC(C)C2. The van der Waals surface area contributed by atoms with Gasteiger partial charge in [-0.25, -0.2) is 4.98 Å². The molecule has 0 radical (unpaired) electrons. The first-order valence-corrected chi connectivity index (χ1v) is 7.19. The van der Waals surface area contributed by atoms with Gasteiger partial charge in [0.1, 0.15) is 11.9 Å². The maximum atomic E-state index is 12.5. The third-order valence-electron chi connectivity index (χ3n) is 3.68. The van der Waals surface area contributed by atoms with Gasteiger partial charge >= 0.3 is 0 Å². The Kier molecular flexibility index (Phi) is 3.71. The second-order valence-electron chi connectivity index (χ2n) is 5.42. The number of rotatable bonds is 3. The van der Waals surface area contributed by atoms with Crippen LogP contribution in [0.4, 0.5) is 5.82 Å². The number of aromatic nitrogens is 1. The number of pyridine rings is 1. The zero-order chi connectivity index (χ0) is 15.7. The molecule has 0 bridgehead atoms. The molecule has 2 aromatic rings. The number of carbonyl (C=O) groups excluding carboxylic acids is 1. The maximum Gasteiger partial charge on any atom is 0.256 e. The molecule has 1 atom stereocenters. The van der Waals surface area contributed by atoms with Gasteiger partial charge in [0.05, 0.1) is 7.11 Å². The smallest absolute Gasteiger partial charge is 0.256 e. The zero-order valence-corrected chi connectivity index (χ0v) is 12.8. The second-order valence-corrected chi connectivity index (χ2v) is 5.42. The molecule has 1 aromatic carbocycles. The molecular weight excluding hydrogens is 280 g/mol. The summed E-state index contributed by atoms with van der Waals surface area (Å²) in [5.74, 6) is 1.68. The maximum absolute atomic E-state index is 12.5. The van der Waals surface area contributed by atoms with E-state index in [0.29, 0.717) is 17.1 Å². The first-order valence-electron chi connectivity index (χ1n) is 7.19. The average molecular weight is 298 g/mol. The van der Waals surface area contributed by atoms with Crippen LogP contribution in [0.3, 0.4) is 0 Å². The van der Waals surface area contributed by atoms with E-state index < -0.39 is 0 Å². The number of fused-ring (bicyclic) bond motifs is 1. The van der Waals surface area contributed by atoms with Gasteiger partial charge in [0.15, 0.2) is 11.5 Å². The van der Waals surface area contributed by atoms with E-state index in [1.165, 1.54) is 0 Å². The molecule has 5 heteroatoms. The van der Waals surface area contributed by atoms with Crippen molar-refractivity contribution in [3.05, 3.63) is 47.2 Å². The minimum absolute atomic E-state index is 0.0974. The Labute approximate surface area is 129 Å². The van der Waals surface area contributed by atoms with Crippen LogP contribution in [0.15, 0.2) is 30.5 Å². The van der Waals surface area contributed by atoms with Crippen molar-refractivity contribution < 1.29 is 14.3 Å². The Balaban J connectivity index is 1.91. The van der Waals surface area contributed by atoms with Crippen molar-refractivity contribution in [3.8, 4) is 11.5 Å². The van der Waals surface area contributed by atoms with Crippen LogP contribution in [0.25, 0.3) is 0 Å². The van der Waals surface area contributed by atoms with E-state index in [1.807, 2.05) is 32.0 Å². The van der Waals surface area contributed by atoms with Crippen LogP contribution in [0.1, 0.15) is 28.4 Å². The van der Waals surface area contributed by atoms with Crippen molar-refractivity contribution in [2.24, 2.45) is 0 Å². The van der Waals surface area contributed by atoms with Crippen LogP contribution in [-0.4, -0.2) is 24.1 Å². The number of amides is 1.